The molecule has 278 valence electrons. The zero-order valence-corrected chi connectivity index (χ0v) is 32.3. The van der Waals surface area contributed by atoms with E-state index in [1.807, 2.05) is 0 Å². The molecule has 0 saturated heterocycles. The monoisotopic (exact) mass is 763 g/mol. The molecule has 0 radical (unpaired) electrons. The molecule has 0 unspecified atom stereocenters. The Morgan fingerprint density at radius 2 is 0.583 bits per heavy atom. The first-order chi connectivity index (χ1) is 29.8. The Hall–Kier alpha value is -8.33. The number of rotatable bonds is 4. The van der Waals surface area contributed by atoms with E-state index >= 15 is 0 Å². The van der Waals surface area contributed by atoms with Crippen molar-refractivity contribution in [3.8, 4) is 28.8 Å². The van der Waals surface area contributed by atoms with Crippen LogP contribution in [0.2, 0.25) is 0 Å². The predicted octanol–water partition coefficient (Wildman–Crippen LogP) is 13.9. The third-order valence-corrected chi connectivity index (χ3v) is 12.6. The SMILES string of the molecule is N#Cc1c(-n2c3ccccc3c3ccccc32)c(-n2c3ccccc3c3ccccc32)c(-n2c3ccccc3c3ccccc32)c2c3ccccc3n(-c3ccccc3)c12. The van der Waals surface area contributed by atoms with Crippen LogP contribution >= 0.6 is 0 Å². The van der Waals surface area contributed by atoms with Crippen molar-refractivity contribution >= 4 is 87.2 Å². The Kier molecular flexibility index (Phi) is 6.73. The summed E-state index contributed by atoms with van der Waals surface area (Å²) in [6, 6.07) is 74.2. The Bertz CT molecular complexity index is 3800. The zero-order chi connectivity index (χ0) is 39.5. The van der Waals surface area contributed by atoms with Gasteiger partial charge in [0.05, 0.1) is 61.2 Å². The summed E-state index contributed by atoms with van der Waals surface area (Å²) in [5, 5.41) is 21.1. The quantitative estimate of drug-likeness (QED) is 0.176. The topological polar surface area (TPSA) is 43.5 Å². The molecule has 0 atom stereocenters. The molecule has 13 rings (SSSR count). The Morgan fingerprint density at radius 1 is 0.283 bits per heavy atom. The van der Waals surface area contributed by atoms with Gasteiger partial charge < -0.3 is 18.3 Å². The number of fused-ring (bicyclic) bond motifs is 12. The van der Waals surface area contributed by atoms with Gasteiger partial charge in [-0.3, -0.25) is 0 Å². The van der Waals surface area contributed by atoms with Crippen LogP contribution in [0.15, 0.2) is 200 Å². The lowest BCUT2D eigenvalue weighted by atomic mass is 10.0. The van der Waals surface area contributed by atoms with Crippen molar-refractivity contribution in [3.05, 3.63) is 206 Å². The summed E-state index contributed by atoms with van der Waals surface area (Å²) in [6.07, 6.45) is 0. The second-order valence-electron chi connectivity index (χ2n) is 15.6. The van der Waals surface area contributed by atoms with Crippen LogP contribution in [0, 0.1) is 11.3 Å². The van der Waals surface area contributed by atoms with Crippen LogP contribution in [0.25, 0.3) is 110 Å². The van der Waals surface area contributed by atoms with Crippen molar-refractivity contribution < 1.29 is 0 Å². The van der Waals surface area contributed by atoms with Crippen LogP contribution < -0.4 is 0 Å². The number of nitrogens with zero attached hydrogens (tertiary/aromatic N) is 5. The van der Waals surface area contributed by atoms with Gasteiger partial charge in [-0.25, -0.2) is 0 Å². The van der Waals surface area contributed by atoms with Crippen LogP contribution in [-0.4, -0.2) is 18.3 Å². The number of benzene rings is 9. The molecule has 9 aromatic carbocycles. The standard InChI is InChI=1S/C55H33N5/c56-34-43-52-51(42-26-10-17-33-50(42)57(52)35-18-2-1-3-19-35)54(59-46-29-13-6-22-38(46)39-23-7-14-30-47(39)59)55(60-48-31-15-8-24-40(48)41-25-9-16-32-49(41)60)53(43)58-44-27-11-4-20-36(44)37-21-5-12-28-45(37)58/h1-33H. The number of hydrogen-bond donors (Lipinski definition) is 0. The van der Waals surface area contributed by atoms with E-state index in [9.17, 15) is 5.26 Å². The van der Waals surface area contributed by atoms with Crippen molar-refractivity contribution in [1.29, 1.82) is 5.26 Å². The van der Waals surface area contributed by atoms with E-state index in [0.29, 0.717) is 5.56 Å². The smallest absolute Gasteiger partial charge is 0.104 e. The summed E-state index contributed by atoms with van der Waals surface area (Å²) in [5.74, 6) is 0. The molecule has 0 spiro atoms. The molecule has 5 nitrogen and oxygen atoms in total. The lowest BCUT2D eigenvalue weighted by Crippen LogP contribution is -2.13. The first kappa shape index (κ1) is 32.7. The average molecular weight is 764 g/mol. The molecule has 13 aromatic rings. The molecular formula is C55H33N5. The molecule has 0 saturated carbocycles. The minimum atomic E-state index is 0.595. The molecule has 0 aliphatic heterocycles. The second kappa shape index (κ2) is 12.3. The molecule has 0 aliphatic carbocycles. The average Bonchev–Trinajstić information content (AvgIpc) is 4.04. The van der Waals surface area contributed by atoms with E-state index in [4.69, 9.17) is 0 Å². The number of para-hydroxylation sites is 8. The van der Waals surface area contributed by atoms with Gasteiger partial charge >= 0.3 is 0 Å². The lowest BCUT2D eigenvalue weighted by Gasteiger charge is -2.25. The number of aromatic nitrogens is 4. The van der Waals surface area contributed by atoms with E-state index < -0.39 is 0 Å². The fraction of sp³-hybridized carbons (Fsp3) is 0. The first-order valence-corrected chi connectivity index (χ1v) is 20.4. The summed E-state index contributed by atoms with van der Waals surface area (Å²) in [6.45, 7) is 0. The summed E-state index contributed by atoms with van der Waals surface area (Å²) >= 11 is 0. The van der Waals surface area contributed by atoms with E-state index in [0.717, 1.165) is 99.2 Å². The maximum absolute atomic E-state index is 12.1. The minimum absolute atomic E-state index is 0.595. The Balaban J connectivity index is 1.43. The van der Waals surface area contributed by atoms with Crippen LogP contribution in [0.1, 0.15) is 5.56 Å². The largest absolute Gasteiger partial charge is 0.308 e. The van der Waals surface area contributed by atoms with E-state index in [2.05, 4.69) is 225 Å². The molecule has 0 bridgehead atoms. The van der Waals surface area contributed by atoms with Crippen LogP contribution in [0.5, 0.6) is 0 Å². The van der Waals surface area contributed by atoms with E-state index in [-0.39, 0.29) is 0 Å². The van der Waals surface area contributed by atoms with Crippen molar-refractivity contribution in [2.45, 2.75) is 0 Å². The van der Waals surface area contributed by atoms with Crippen LogP contribution in [0.4, 0.5) is 0 Å². The zero-order valence-electron chi connectivity index (χ0n) is 32.3. The summed E-state index contributed by atoms with van der Waals surface area (Å²) < 4.78 is 9.60. The second-order valence-corrected chi connectivity index (χ2v) is 15.6. The first-order valence-electron chi connectivity index (χ1n) is 20.4. The van der Waals surface area contributed by atoms with Crippen molar-refractivity contribution in [1.82, 2.24) is 18.3 Å². The third-order valence-electron chi connectivity index (χ3n) is 12.6. The summed E-state index contributed by atoms with van der Waals surface area (Å²) in [7, 11) is 0. The Labute approximate surface area is 344 Å². The molecule has 4 heterocycles. The molecular weight excluding hydrogens is 731 g/mol. The van der Waals surface area contributed by atoms with Gasteiger partial charge in [0.25, 0.3) is 0 Å². The fourth-order valence-corrected chi connectivity index (χ4v) is 10.3. The summed E-state index contributed by atoms with van der Waals surface area (Å²) in [4.78, 5) is 0. The highest BCUT2D eigenvalue weighted by Gasteiger charge is 2.33. The minimum Gasteiger partial charge on any atom is -0.308 e. The number of hydrogen-bond acceptors (Lipinski definition) is 1. The van der Waals surface area contributed by atoms with E-state index in [1.54, 1.807) is 0 Å². The molecule has 0 N–H and O–H groups in total. The molecule has 0 aliphatic rings. The van der Waals surface area contributed by atoms with Crippen LogP contribution in [-0.2, 0) is 0 Å². The Morgan fingerprint density at radius 3 is 0.967 bits per heavy atom. The van der Waals surface area contributed by atoms with Gasteiger partial charge in [0.2, 0.25) is 0 Å². The third kappa shape index (κ3) is 4.24. The highest BCUT2D eigenvalue weighted by molar-refractivity contribution is 6.22. The maximum Gasteiger partial charge on any atom is 0.104 e. The van der Waals surface area contributed by atoms with Gasteiger partial charge in [-0.1, -0.05) is 146 Å². The van der Waals surface area contributed by atoms with Gasteiger partial charge in [0.15, 0.2) is 0 Å². The van der Waals surface area contributed by atoms with Gasteiger partial charge in [0, 0.05) is 48.8 Å². The maximum atomic E-state index is 12.1. The molecule has 5 heteroatoms. The highest BCUT2D eigenvalue weighted by Crippen LogP contribution is 2.50. The van der Waals surface area contributed by atoms with Crippen LogP contribution in [0.3, 0.4) is 0 Å². The highest BCUT2D eigenvalue weighted by atomic mass is 15.1. The van der Waals surface area contributed by atoms with Gasteiger partial charge in [-0.05, 0) is 54.6 Å². The van der Waals surface area contributed by atoms with Gasteiger partial charge in [-0.2, -0.15) is 5.26 Å². The number of nitriles is 1. The van der Waals surface area contributed by atoms with Gasteiger partial charge in [-0.15, -0.1) is 0 Å². The van der Waals surface area contributed by atoms with Crippen molar-refractivity contribution in [2.24, 2.45) is 0 Å². The van der Waals surface area contributed by atoms with Crippen molar-refractivity contribution in [3.63, 3.8) is 0 Å². The lowest BCUT2D eigenvalue weighted by molar-refractivity contribution is 1.05. The van der Waals surface area contributed by atoms with E-state index in [1.165, 1.54) is 10.8 Å². The summed E-state index contributed by atoms with van der Waals surface area (Å²) in [5.41, 5.74) is 12.6. The van der Waals surface area contributed by atoms with Crippen molar-refractivity contribution in [2.75, 3.05) is 0 Å². The molecule has 4 aromatic heterocycles. The molecule has 0 amide bonds. The normalized spacial score (nSPS) is 12.0. The van der Waals surface area contributed by atoms with Gasteiger partial charge in [0.1, 0.15) is 11.6 Å². The predicted molar refractivity (Wildman–Crippen MR) is 249 cm³/mol. The molecule has 0 fully saturated rings. The fourth-order valence-electron chi connectivity index (χ4n) is 10.3. The molecule has 60 heavy (non-hydrogen) atoms.